The first-order valence-electron chi connectivity index (χ1n) is 5.55. The quantitative estimate of drug-likeness (QED) is 0.683. The van der Waals surface area contributed by atoms with Crippen LogP contribution in [0.5, 0.6) is 0 Å². The fourth-order valence-corrected chi connectivity index (χ4v) is 2.94. The number of hydrogen-bond acceptors (Lipinski definition) is 2. The van der Waals surface area contributed by atoms with Gasteiger partial charge in [-0.2, -0.15) is 0 Å². The van der Waals surface area contributed by atoms with Crippen LogP contribution < -0.4 is 4.72 Å². The second kappa shape index (κ2) is 7.23. The van der Waals surface area contributed by atoms with Crippen LogP contribution in [-0.4, -0.2) is 20.2 Å². The van der Waals surface area contributed by atoms with E-state index in [-0.39, 0.29) is 11.8 Å². The smallest absolute Gasteiger partial charge is 0.211 e. The van der Waals surface area contributed by atoms with E-state index in [0.29, 0.717) is 6.42 Å². The van der Waals surface area contributed by atoms with E-state index in [4.69, 9.17) is 0 Å². The van der Waals surface area contributed by atoms with Crippen LogP contribution >= 0.6 is 0 Å². The maximum absolute atomic E-state index is 11.5. The van der Waals surface area contributed by atoms with Crippen LogP contribution in [0.15, 0.2) is 0 Å². The van der Waals surface area contributed by atoms with Gasteiger partial charge in [0.05, 0.1) is 5.75 Å². The molecule has 0 aliphatic carbocycles. The van der Waals surface area contributed by atoms with E-state index in [9.17, 15) is 8.42 Å². The summed E-state index contributed by atoms with van der Waals surface area (Å²) < 4.78 is 25.7. The molecule has 0 atom stereocenters. The normalized spacial score (nSPS) is 12.3. The van der Waals surface area contributed by atoms with Crippen LogP contribution in [0.1, 0.15) is 52.9 Å². The molecule has 0 spiro atoms. The first-order chi connectivity index (χ1) is 6.55. The lowest BCUT2D eigenvalue weighted by Gasteiger charge is -2.16. The van der Waals surface area contributed by atoms with E-state index < -0.39 is 10.0 Å². The molecular weight excluding hydrogens is 198 g/mol. The Hall–Kier alpha value is -0.0900. The Morgan fingerprint density at radius 3 is 1.86 bits per heavy atom. The average molecular weight is 221 g/mol. The molecule has 0 saturated carbocycles. The molecule has 0 aromatic heterocycles. The van der Waals surface area contributed by atoms with Gasteiger partial charge in [0.15, 0.2) is 0 Å². The van der Waals surface area contributed by atoms with Gasteiger partial charge >= 0.3 is 0 Å². The number of rotatable bonds is 8. The summed E-state index contributed by atoms with van der Waals surface area (Å²) in [6.07, 6.45) is 4.62. The van der Waals surface area contributed by atoms with Gasteiger partial charge in [-0.1, -0.05) is 33.6 Å². The van der Waals surface area contributed by atoms with Crippen molar-refractivity contribution in [3.63, 3.8) is 0 Å². The highest BCUT2D eigenvalue weighted by Crippen LogP contribution is 2.06. The van der Waals surface area contributed by atoms with E-state index in [1.54, 1.807) is 0 Å². The van der Waals surface area contributed by atoms with E-state index in [1.807, 2.05) is 6.92 Å². The third-order valence-corrected chi connectivity index (χ3v) is 3.73. The predicted octanol–water partition coefficient (Wildman–Crippen LogP) is 2.28. The Kier molecular flexibility index (Phi) is 7.19. The highest BCUT2D eigenvalue weighted by Gasteiger charge is 2.15. The first-order valence-corrected chi connectivity index (χ1v) is 7.20. The minimum atomic E-state index is -3.03. The van der Waals surface area contributed by atoms with Crippen LogP contribution in [0, 0.1) is 0 Å². The third kappa shape index (κ3) is 6.38. The number of nitrogens with one attached hydrogen (secondary N) is 1. The Morgan fingerprint density at radius 2 is 1.50 bits per heavy atom. The molecule has 0 fully saturated rings. The topological polar surface area (TPSA) is 46.2 Å². The van der Waals surface area contributed by atoms with Crippen LogP contribution in [0.3, 0.4) is 0 Å². The summed E-state index contributed by atoms with van der Waals surface area (Å²) >= 11 is 0. The molecule has 1 N–H and O–H groups in total. The molecule has 0 unspecified atom stereocenters. The third-order valence-electron chi connectivity index (χ3n) is 2.09. The van der Waals surface area contributed by atoms with Crippen molar-refractivity contribution in [1.82, 2.24) is 4.72 Å². The van der Waals surface area contributed by atoms with Crippen molar-refractivity contribution in [3.05, 3.63) is 0 Å². The summed E-state index contributed by atoms with van der Waals surface area (Å²) in [5, 5.41) is 0. The van der Waals surface area contributed by atoms with Crippen molar-refractivity contribution in [1.29, 1.82) is 0 Å². The molecule has 0 heterocycles. The van der Waals surface area contributed by atoms with E-state index in [1.165, 1.54) is 0 Å². The Labute approximate surface area is 88.3 Å². The lowest BCUT2D eigenvalue weighted by molar-refractivity contribution is 0.493. The molecule has 0 amide bonds. The molecular formula is C10H23NO2S. The Morgan fingerprint density at radius 1 is 1.00 bits per heavy atom. The maximum Gasteiger partial charge on any atom is 0.211 e. The van der Waals surface area contributed by atoms with E-state index >= 15 is 0 Å². The highest BCUT2D eigenvalue weighted by molar-refractivity contribution is 7.89. The summed E-state index contributed by atoms with van der Waals surface area (Å²) in [5.74, 6) is 0.247. The van der Waals surface area contributed by atoms with Crippen LogP contribution in [-0.2, 0) is 10.0 Å². The SMILES string of the molecule is CCCC(CCC)NS(=O)(=O)CCC. The highest BCUT2D eigenvalue weighted by atomic mass is 32.2. The van der Waals surface area contributed by atoms with Crippen molar-refractivity contribution in [2.24, 2.45) is 0 Å². The summed E-state index contributed by atoms with van der Waals surface area (Å²) in [5.41, 5.74) is 0. The standard InChI is InChI=1S/C10H23NO2S/c1-4-7-10(8-5-2)11-14(12,13)9-6-3/h10-11H,4-9H2,1-3H3. The molecule has 0 aliphatic rings. The lowest BCUT2D eigenvalue weighted by atomic mass is 10.1. The van der Waals surface area contributed by atoms with Crippen molar-refractivity contribution >= 4 is 10.0 Å². The molecule has 0 bridgehead atoms. The number of hydrogen-bond donors (Lipinski definition) is 1. The van der Waals surface area contributed by atoms with Crippen LogP contribution in [0.4, 0.5) is 0 Å². The Bertz CT molecular complexity index is 218. The van der Waals surface area contributed by atoms with Gasteiger partial charge < -0.3 is 0 Å². The van der Waals surface area contributed by atoms with Gasteiger partial charge in [-0.15, -0.1) is 0 Å². The van der Waals surface area contributed by atoms with Gasteiger partial charge in [0.1, 0.15) is 0 Å². The van der Waals surface area contributed by atoms with Gasteiger partial charge in [-0.05, 0) is 19.3 Å². The zero-order valence-electron chi connectivity index (χ0n) is 9.54. The van der Waals surface area contributed by atoms with Gasteiger partial charge in [-0.3, -0.25) is 0 Å². The molecule has 0 saturated heterocycles. The fraction of sp³-hybridized carbons (Fsp3) is 1.00. The molecule has 0 rings (SSSR count). The molecule has 14 heavy (non-hydrogen) atoms. The zero-order chi connectivity index (χ0) is 11.0. The summed E-state index contributed by atoms with van der Waals surface area (Å²) in [7, 11) is -3.03. The maximum atomic E-state index is 11.5. The molecule has 0 aromatic carbocycles. The van der Waals surface area contributed by atoms with Crippen molar-refractivity contribution in [3.8, 4) is 0 Å². The molecule has 0 radical (unpaired) electrons. The molecule has 0 aliphatic heterocycles. The summed E-state index contributed by atoms with van der Waals surface area (Å²) in [6, 6.07) is 0.140. The summed E-state index contributed by atoms with van der Waals surface area (Å²) in [4.78, 5) is 0. The van der Waals surface area contributed by atoms with E-state index in [2.05, 4.69) is 18.6 Å². The van der Waals surface area contributed by atoms with Crippen molar-refractivity contribution in [2.45, 2.75) is 58.9 Å². The van der Waals surface area contributed by atoms with Crippen LogP contribution in [0.2, 0.25) is 0 Å². The van der Waals surface area contributed by atoms with E-state index in [0.717, 1.165) is 25.7 Å². The van der Waals surface area contributed by atoms with Crippen LogP contribution in [0.25, 0.3) is 0 Å². The van der Waals surface area contributed by atoms with Gasteiger partial charge in [0, 0.05) is 6.04 Å². The fourth-order valence-electron chi connectivity index (χ4n) is 1.54. The largest absolute Gasteiger partial charge is 0.212 e. The van der Waals surface area contributed by atoms with Gasteiger partial charge in [-0.25, -0.2) is 13.1 Å². The predicted molar refractivity (Wildman–Crippen MR) is 60.8 cm³/mol. The van der Waals surface area contributed by atoms with Crippen molar-refractivity contribution < 1.29 is 8.42 Å². The Balaban J connectivity index is 4.13. The zero-order valence-corrected chi connectivity index (χ0v) is 10.4. The summed E-state index contributed by atoms with van der Waals surface area (Å²) in [6.45, 7) is 6.04. The monoisotopic (exact) mass is 221 g/mol. The molecule has 0 aromatic rings. The van der Waals surface area contributed by atoms with Gasteiger partial charge in [0.2, 0.25) is 10.0 Å². The lowest BCUT2D eigenvalue weighted by Crippen LogP contribution is -2.36. The number of sulfonamides is 1. The average Bonchev–Trinajstić information content (AvgIpc) is 2.03. The van der Waals surface area contributed by atoms with Crippen molar-refractivity contribution in [2.75, 3.05) is 5.75 Å². The minimum absolute atomic E-state index is 0.140. The second-order valence-electron chi connectivity index (χ2n) is 3.71. The molecule has 3 nitrogen and oxygen atoms in total. The minimum Gasteiger partial charge on any atom is -0.212 e. The molecule has 86 valence electrons. The second-order valence-corrected chi connectivity index (χ2v) is 5.58. The first kappa shape index (κ1) is 13.9. The molecule has 4 heteroatoms. The van der Waals surface area contributed by atoms with Gasteiger partial charge in [0.25, 0.3) is 0 Å².